The third-order valence-electron chi connectivity index (χ3n) is 3.69. The normalized spacial score (nSPS) is 22.8. The van der Waals surface area contributed by atoms with Crippen LogP contribution in [0.15, 0.2) is 24.3 Å². The zero-order valence-corrected chi connectivity index (χ0v) is 14.1. The summed E-state index contributed by atoms with van der Waals surface area (Å²) in [5.41, 5.74) is 1.28. The van der Waals surface area contributed by atoms with Crippen LogP contribution in [-0.4, -0.2) is 26.2 Å². The number of piperidine rings is 1. The van der Waals surface area contributed by atoms with Crippen molar-refractivity contribution in [2.24, 2.45) is 0 Å². The summed E-state index contributed by atoms with van der Waals surface area (Å²) in [6.07, 6.45) is 4.47. The van der Waals surface area contributed by atoms with Crippen LogP contribution in [0.2, 0.25) is 5.02 Å². The highest BCUT2D eigenvalue weighted by molar-refractivity contribution is 7.90. The second-order valence-electron chi connectivity index (χ2n) is 6.48. The largest absolute Gasteiger partial charge is 0.597 e. The lowest BCUT2D eigenvalue weighted by molar-refractivity contribution is 0.245. The van der Waals surface area contributed by atoms with E-state index in [2.05, 4.69) is 37.2 Å². The standard InChI is InChI=1S/C16H24ClNOS/c1-16(2,3)20(19)18-11-5-4-6-15(18)12-13-7-9-14(17)10-8-13/h7-10,15H,4-6,11-12H2,1-3H3/t15-,20?/m1/s1. The number of nitrogens with zero attached hydrogens (tertiary/aromatic N) is 1. The van der Waals surface area contributed by atoms with Crippen LogP contribution in [0.4, 0.5) is 0 Å². The molecule has 0 aromatic heterocycles. The summed E-state index contributed by atoms with van der Waals surface area (Å²) >= 11 is 5.01. The van der Waals surface area contributed by atoms with Crippen molar-refractivity contribution < 1.29 is 4.55 Å². The minimum Gasteiger partial charge on any atom is -0.597 e. The second-order valence-corrected chi connectivity index (χ2v) is 9.11. The maximum atomic E-state index is 12.7. The van der Waals surface area contributed by atoms with Gasteiger partial charge in [0, 0.05) is 22.9 Å². The summed E-state index contributed by atoms with van der Waals surface area (Å²) in [7, 11) is 0. The highest BCUT2D eigenvalue weighted by Gasteiger charge is 2.38. The van der Waals surface area contributed by atoms with Crippen LogP contribution in [0.25, 0.3) is 0 Å². The van der Waals surface area contributed by atoms with E-state index >= 15 is 0 Å². The first-order chi connectivity index (χ1) is 9.38. The molecule has 2 rings (SSSR count). The summed E-state index contributed by atoms with van der Waals surface area (Å²) in [6, 6.07) is 8.41. The van der Waals surface area contributed by atoms with E-state index < -0.39 is 11.4 Å². The van der Waals surface area contributed by atoms with E-state index in [1.807, 2.05) is 12.1 Å². The minimum atomic E-state index is -0.925. The average molecular weight is 314 g/mol. The lowest BCUT2D eigenvalue weighted by Gasteiger charge is -2.40. The van der Waals surface area contributed by atoms with Crippen LogP contribution in [0, 0.1) is 0 Å². The third kappa shape index (κ3) is 4.14. The Hall–Kier alpha value is -0.220. The van der Waals surface area contributed by atoms with Gasteiger partial charge in [-0.25, -0.2) is 0 Å². The first kappa shape index (κ1) is 16.2. The van der Waals surface area contributed by atoms with Crippen LogP contribution < -0.4 is 0 Å². The number of benzene rings is 1. The van der Waals surface area contributed by atoms with Gasteiger partial charge in [0.25, 0.3) is 0 Å². The molecular weight excluding hydrogens is 290 g/mol. The van der Waals surface area contributed by atoms with Gasteiger partial charge in [-0.2, -0.15) is 0 Å². The Labute approximate surface area is 130 Å². The van der Waals surface area contributed by atoms with Crippen LogP contribution in [0.5, 0.6) is 0 Å². The van der Waals surface area contributed by atoms with Crippen molar-refractivity contribution in [3.05, 3.63) is 34.9 Å². The maximum Gasteiger partial charge on any atom is 0.137 e. The van der Waals surface area contributed by atoms with E-state index in [0.29, 0.717) is 6.04 Å². The Morgan fingerprint density at radius 3 is 2.50 bits per heavy atom. The van der Waals surface area contributed by atoms with Crippen molar-refractivity contribution in [1.29, 1.82) is 0 Å². The molecule has 1 aromatic rings. The van der Waals surface area contributed by atoms with Crippen LogP contribution in [0.3, 0.4) is 0 Å². The predicted molar refractivity (Wildman–Crippen MR) is 87.4 cm³/mol. The Balaban J connectivity index is 2.09. The number of hydrogen-bond acceptors (Lipinski definition) is 2. The summed E-state index contributed by atoms with van der Waals surface area (Å²) in [6.45, 7) is 7.10. The minimum absolute atomic E-state index is 0.185. The molecule has 20 heavy (non-hydrogen) atoms. The molecule has 1 unspecified atom stereocenters. The fourth-order valence-electron chi connectivity index (χ4n) is 2.64. The summed E-state index contributed by atoms with van der Waals surface area (Å²) in [5, 5.41) is 0.771. The highest BCUT2D eigenvalue weighted by atomic mass is 35.5. The molecule has 1 heterocycles. The van der Waals surface area contributed by atoms with Crippen molar-refractivity contribution in [3.8, 4) is 0 Å². The van der Waals surface area contributed by atoms with Crippen LogP contribution in [-0.2, 0) is 17.8 Å². The van der Waals surface area contributed by atoms with Gasteiger partial charge in [-0.05, 0) is 57.7 Å². The molecule has 1 aromatic carbocycles. The van der Waals surface area contributed by atoms with E-state index in [4.69, 9.17) is 11.6 Å². The summed E-state index contributed by atoms with van der Waals surface area (Å²) < 4.78 is 14.7. The molecule has 1 saturated heterocycles. The SMILES string of the molecule is CC(C)(C)[S+]([O-])N1CCCC[C@@H]1Cc1ccc(Cl)cc1. The quantitative estimate of drug-likeness (QED) is 0.782. The first-order valence-electron chi connectivity index (χ1n) is 7.31. The molecule has 2 atom stereocenters. The molecule has 0 aliphatic carbocycles. The molecule has 4 heteroatoms. The molecule has 1 aliphatic heterocycles. The van der Waals surface area contributed by atoms with Gasteiger partial charge < -0.3 is 4.55 Å². The molecule has 0 amide bonds. The molecular formula is C16H24ClNOS. The van der Waals surface area contributed by atoms with Crippen molar-refractivity contribution in [2.75, 3.05) is 6.54 Å². The van der Waals surface area contributed by atoms with Gasteiger partial charge in [-0.15, -0.1) is 4.31 Å². The Morgan fingerprint density at radius 2 is 1.90 bits per heavy atom. The third-order valence-corrected chi connectivity index (χ3v) is 5.90. The summed E-state index contributed by atoms with van der Waals surface area (Å²) in [4.78, 5) is 0. The lowest BCUT2D eigenvalue weighted by atomic mass is 9.98. The first-order valence-corrected chi connectivity index (χ1v) is 8.79. The zero-order chi connectivity index (χ0) is 14.8. The van der Waals surface area contributed by atoms with Gasteiger partial charge in [0.1, 0.15) is 4.75 Å². The molecule has 0 radical (unpaired) electrons. The molecule has 1 fully saturated rings. The Morgan fingerprint density at radius 1 is 1.25 bits per heavy atom. The molecule has 0 spiro atoms. The van der Waals surface area contributed by atoms with E-state index in [1.165, 1.54) is 12.0 Å². The number of halogens is 1. The summed E-state index contributed by atoms with van der Waals surface area (Å²) in [5.74, 6) is 0. The van der Waals surface area contributed by atoms with Crippen molar-refractivity contribution in [2.45, 2.75) is 57.2 Å². The Kier molecular flexibility index (Phi) is 5.41. The van der Waals surface area contributed by atoms with Crippen LogP contribution >= 0.6 is 11.6 Å². The topological polar surface area (TPSA) is 26.3 Å². The van der Waals surface area contributed by atoms with Crippen molar-refractivity contribution in [1.82, 2.24) is 4.31 Å². The molecule has 1 aliphatic rings. The zero-order valence-electron chi connectivity index (χ0n) is 12.6. The van der Waals surface area contributed by atoms with Gasteiger partial charge >= 0.3 is 0 Å². The number of hydrogen-bond donors (Lipinski definition) is 0. The van der Waals surface area contributed by atoms with Gasteiger partial charge in [0.2, 0.25) is 0 Å². The molecule has 0 saturated carbocycles. The van der Waals surface area contributed by atoms with Gasteiger partial charge in [0.15, 0.2) is 0 Å². The van der Waals surface area contributed by atoms with E-state index in [9.17, 15) is 4.55 Å². The monoisotopic (exact) mass is 313 g/mol. The Bertz CT molecular complexity index is 429. The maximum absolute atomic E-state index is 12.7. The smallest absolute Gasteiger partial charge is 0.137 e. The fraction of sp³-hybridized carbons (Fsp3) is 0.625. The van der Waals surface area contributed by atoms with Crippen molar-refractivity contribution in [3.63, 3.8) is 0 Å². The van der Waals surface area contributed by atoms with Gasteiger partial charge in [0.05, 0.1) is 6.04 Å². The van der Waals surface area contributed by atoms with Gasteiger partial charge in [-0.1, -0.05) is 30.2 Å². The van der Waals surface area contributed by atoms with Crippen molar-refractivity contribution >= 4 is 23.0 Å². The fourth-order valence-corrected chi connectivity index (χ4v) is 4.22. The van der Waals surface area contributed by atoms with E-state index in [0.717, 1.165) is 30.8 Å². The lowest BCUT2D eigenvalue weighted by Crippen LogP contribution is -2.51. The van der Waals surface area contributed by atoms with E-state index in [1.54, 1.807) is 0 Å². The highest BCUT2D eigenvalue weighted by Crippen LogP contribution is 2.29. The molecule has 0 N–H and O–H groups in total. The second kappa shape index (κ2) is 6.69. The molecule has 2 nitrogen and oxygen atoms in total. The molecule has 112 valence electrons. The average Bonchev–Trinajstić information content (AvgIpc) is 2.40. The molecule has 0 bridgehead atoms. The van der Waals surface area contributed by atoms with E-state index in [-0.39, 0.29) is 4.75 Å². The number of rotatable bonds is 3. The van der Waals surface area contributed by atoms with Crippen LogP contribution in [0.1, 0.15) is 45.6 Å². The van der Waals surface area contributed by atoms with Gasteiger partial charge in [-0.3, -0.25) is 0 Å². The predicted octanol–water partition coefficient (Wildman–Crippen LogP) is 4.20.